The molecule has 2 rings (SSSR count). The highest BCUT2D eigenvalue weighted by Crippen LogP contribution is 2.26. The third-order valence-corrected chi connectivity index (χ3v) is 4.08. The lowest BCUT2D eigenvalue weighted by Gasteiger charge is -2.16. The Morgan fingerprint density at radius 3 is 2.43 bits per heavy atom. The normalized spacial score (nSPS) is 10.4. The molecule has 0 aliphatic rings. The first kappa shape index (κ1) is 15.5. The largest absolute Gasteiger partial charge is 0.494 e. The molecule has 4 nitrogen and oxygen atoms in total. The molecular formula is C16H20N2O2S. The van der Waals surface area contributed by atoms with E-state index >= 15 is 0 Å². The van der Waals surface area contributed by atoms with Crippen LogP contribution in [0.4, 0.5) is 0 Å². The molecule has 5 heteroatoms. The van der Waals surface area contributed by atoms with Crippen LogP contribution < -0.4 is 4.74 Å². The minimum absolute atomic E-state index is 0.00608. The molecule has 0 bridgehead atoms. The highest BCUT2D eigenvalue weighted by molar-refractivity contribution is 7.13. The van der Waals surface area contributed by atoms with Crippen LogP contribution in [0.15, 0.2) is 29.6 Å². The van der Waals surface area contributed by atoms with Crippen LogP contribution >= 0.6 is 11.3 Å². The van der Waals surface area contributed by atoms with Crippen molar-refractivity contribution in [3.8, 4) is 16.3 Å². The number of thiazole rings is 1. The topological polar surface area (TPSA) is 42.4 Å². The maximum Gasteiger partial charge on any atom is 0.273 e. The van der Waals surface area contributed by atoms with Crippen LogP contribution in [0.1, 0.15) is 31.3 Å². The van der Waals surface area contributed by atoms with Gasteiger partial charge in [0.25, 0.3) is 5.91 Å². The summed E-state index contributed by atoms with van der Waals surface area (Å²) in [5.41, 5.74) is 1.52. The van der Waals surface area contributed by atoms with Gasteiger partial charge in [-0.05, 0) is 45.0 Å². The second-order valence-corrected chi connectivity index (χ2v) is 5.33. The monoisotopic (exact) mass is 304 g/mol. The summed E-state index contributed by atoms with van der Waals surface area (Å²) in [5, 5.41) is 2.68. The fourth-order valence-corrected chi connectivity index (χ4v) is 2.84. The van der Waals surface area contributed by atoms with Crippen molar-refractivity contribution in [2.75, 3.05) is 19.7 Å². The van der Waals surface area contributed by atoms with Crippen molar-refractivity contribution in [3.63, 3.8) is 0 Å². The fraction of sp³-hybridized carbons (Fsp3) is 0.375. The van der Waals surface area contributed by atoms with Crippen LogP contribution in [-0.4, -0.2) is 35.5 Å². The number of hydrogen-bond acceptors (Lipinski definition) is 4. The van der Waals surface area contributed by atoms with E-state index in [1.165, 1.54) is 11.3 Å². The number of benzene rings is 1. The Bertz CT molecular complexity index is 589. The molecule has 21 heavy (non-hydrogen) atoms. The molecule has 0 radical (unpaired) electrons. The minimum Gasteiger partial charge on any atom is -0.494 e. The highest BCUT2D eigenvalue weighted by Gasteiger charge is 2.16. The zero-order valence-electron chi connectivity index (χ0n) is 12.6. The highest BCUT2D eigenvalue weighted by atomic mass is 32.1. The van der Waals surface area contributed by atoms with E-state index in [0.29, 0.717) is 25.4 Å². The van der Waals surface area contributed by atoms with Gasteiger partial charge in [0.1, 0.15) is 16.5 Å². The second kappa shape index (κ2) is 7.22. The molecule has 1 heterocycles. The summed E-state index contributed by atoms with van der Waals surface area (Å²) in [7, 11) is 0. The molecule has 0 aliphatic heterocycles. The molecule has 1 aromatic carbocycles. The molecule has 112 valence electrons. The summed E-state index contributed by atoms with van der Waals surface area (Å²) in [6, 6.07) is 7.78. The molecule has 0 unspecified atom stereocenters. The van der Waals surface area contributed by atoms with E-state index in [-0.39, 0.29) is 5.91 Å². The predicted molar refractivity (Wildman–Crippen MR) is 86.0 cm³/mol. The number of carbonyl (C=O) groups is 1. The minimum atomic E-state index is -0.00608. The number of nitrogens with zero attached hydrogens (tertiary/aromatic N) is 2. The molecule has 0 saturated heterocycles. The molecule has 1 aromatic heterocycles. The summed E-state index contributed by atoms with van der Waals surface area (Å²) in [5.74, 6) is 0.839. The SMILES string of the molecule is CCOc1ccc(-c2nc(C(=O)N(CC)CC)cs2)cc1. The summed E-state index contributed by atoms with van der Waals surface area (Å²) in [6.07, 6.45) is 0. The smallest absolute Gasteiger partial charge is 0.273 e. The van der Waals surface area contributed by atoms with E-state index in [1.807, 2.05) is 50.4 Å². The van der Waals surface area contributed by atoms with Gasteiger partial charge in [-0.1, -0.05) is 0 Å². The number of aromatic nitrogens is 1. The zero-order chi connectivity index (χ0) is 15.2. The van der Waals surface area contributed by atoms with Crippen molar-refractivity contribution >= 4 is 17.2 Å². The first-order valence-electron chi connectivity index (χ1n) is 7.17. The number of hydrogen-bond donors (Lipinski definition) is 0. The first-order valence-corrected chi connectivity index (χ1v) is 8.05. The van der Waals surface area contributed by atoms with E-state index < -0.39 is 0 Å². The van der Waals surface area contributed by atoms with Gasteiger partial charge in [0.2, 0.25) is 0 Å². The Labute approximate surface area is 129 Å². The van der Waals surface area contributed by atoms with E-state index in [2.05, 4.69) is 4.98 Å². The van der Waals surface area contributed by atoms with Crippen molar-refractivity contribution in [2.24, 2.45) is 0 Å². The van der Waals surface area contributed by atoms with Gasteiger partial charge in [0.15, 0.2) is 0 Å². The van der Waals surface area contributed by atoms with E-state index in [9.17, 15) is 4.79 Å². The molecule has 0 fully saturated rings. The van der Waals surface area contributed by atoms with Crippen LogP contribution in [0.3, 0.4) is 0 Å². The number of carbonyl (C=O) groups excluding carboxylic acids is 1. The van der Waals surface area contributed by atoms with Gasteiger partial charge < -0.3 is 9.64 Å². The van der Waals surface area contributed by atoms with E-state index in [1.54, 1.807) is 4.90 Å². The lowest BCUT2D eigenvalue weighted by atomic mass is 10.2. The summed E-state index contributed by atoms with van der Waals surface area (Å²) in [6.45, 7) is 7.96. The molecular weight excluding hydrogens is 284 g/mol. The standard InChI is InChI=1S/C16H20N2O2S/c1-4-18(5-2)16(19)14-11-21-15(17-14)12-7-9-13(10-8-12)20-6-3/h7-11H,4-6H2,1-3H3. The number of rotatable bonds is 6. The molecule has 0 saturated carbocycles. The van der Waals surface area contributed by atoms with Gasteiger partial charge in [0, 0.05) is 24.0 Å². The summed E-state index contributed by atoms with van der Waals surface area (Å²) < 4.78 is 5.42. The Hall–Kier alpha value is -1.88. The van der Waals surface area contributed by atoms with Crippen LogP contribution in [0.25, 0.3) is 10.6 Å². The Kier molecular flexibility index (Phi) is 5.33. The quantitative estimate of drug-likeness (QED) is 0.817. The van der Waals surface area contributed by atoms with Gasteiger partial charge in [-0.25, -0.2) is 4.98 Å². The maximum absolute atomic E-state index is 12.2. The van der Waals surface area contributed by atoms with Crippen molar-refractivity contribution in [1.82, 2.24) is 9.88 Å². The van der Waals surface area contributed by atoms with E-state index in [4.69, 9.17) is 4.74 Å². The van der Waals surface area contributed by atoms with Gasteiger partial charge >= 0.3 is 0 Å². The predicted octanol–water partition coefficient (Wildman–Crippen LogP) is 3.69. The average Bonchev–Trinajstić information content (AvgIpc) is 2.99. The number of amides is 1. The Morgan fingerprint density at radius 2 is 1.86 bits per heavy atom. The van der Waals surface area contributed by atoms with Crippen LogP contribution in [0.5, 0.6) is 5.75 Å². The molecule has 0 atom stereocenters. The molecule has 1 amide bonds. The lowest BCUT2D eigenvalue weighted by molar-refractivity contribution is 0.0768. The van der Waals surface area contributed by atoms with Crippen molar-refractivity contribution in [2.45, 2.75) is 20.8 Å². The van der Waals surface area contributed by atoms with Gasteiger partial charge in [-0.15, -0.1) is 11.3 Å². The van der Waals surface area contributed by atoms with Crippen LogP contribution in [0, 0.1) is 0 Å². The summed E-state index contributed by atoms with van der Waals surface area (Å²) in [4.78, 5) is 18.5. The Morgan fingerprint density at radius 1 is 1.19 bits per heavy atom. The summed E-state index contributed by atoms with van der Waals surface area (Å²) >= 11 is 1.49. The van der Waals surface area contributed by atoms with Crippen LogP contribution in [-0.2, 0) is 0 Å². The molecule has 0 N–H and O–H groups in total. The van der Waals surface area contributed by atoms with Gasteiger partial charge in [-0.3, -0.25) is 4.79 Å². The molecule has 0 spiro atoms. The maximum atomic E-state index is 12.2. The Balaban J connectivity index is 2.17. The lowest BCUT2D eigenvalue weighted by Crippen LogP contribution is -2.30. The third kappa shape index (κ3) is 3.61. The van der Waals surface area contributed by atoms with Crippen molar-refractivity contribution < 1.29 is 9.53 Å². The number of ether oxygens (including phenoxy) is 1. The van der Waals surface area contributed by atoms with E-state index in [0.717, 1.165) is 16.3 Å². The molecule has 0 aliphatic carbocycles. The first-order chi connectivity index (χ1) is 10.2. The van der Waals surface area contributed by atoms with Gasteiger partial charge in [-0.2, -0.15) is 0 Å². The van der Waals surface area contributed by atoms with Gasteiger partial charge in [0.05, 0.1) is 6.61 Å². The third-order valence-electron chi connectivity index (χ3n) is 3.19. The average molecular weight is 304 g/mol. The van der Waals surface area contributed by atoms with Crippen molar-refractivity contribution in [1.29, 1.82) is 0 Å². The molecule has 2 aromatic rings. The second-order valence-electron chi connectivity index (χ2n) is 4.47. The van der Waals surface area contributed by atoms with Crippen LogP contribution in [0.2, 0.25) is 0 Å². The van der Waals surface area contributed by atoms with Crippen molar-refractivity contribution in [3.05, 3.63) is 35.3 Å². The fourth-order valence-electron chi connectivity index (χ4n) is 2.04. The zero-order valence-corrected chi connectivity index (χ0v) is 13.4.